The zero-order chi connectivity index (χ0) is 20.4. The summed E-state index contributed by atoms with van der Waals surface area (Å²) >= 11 is 5.04. The first-order chi connectivity index (χ1) is 12.6. The van der Waals surface area contributed by atoms with Crippen molar-refractivity contribution in [2.45, 2.75) is 51.0 Å². The van der Waals surface area contributed by atoms with Gasteiger partial charge in [-0.15, -0.1) is 0 Å². The van der Waals surface area contributed by atoms with Crippen LogP contribution in [0.3, 0.4) is 0 Å². The van der Waals surface area contributed by atoms with Crippen LogP contribution in [0, 0.1) is 0 Å². The summed E-state index contributed by atoms with van der Waals surface area (Å²) < 4.78 is 31.5. The van der Waals surface area contributed by atoms with Crippen molar-refractivity contribution in [3.63, 3.8) is 0 Å². The molecular weight excluding hydrogens is 390 g/mol. The van der Waals surface area contributed by atoms with Gasteiger partial charge in [-0.25, -0.2) is 13.1 Å². The maximum Gasteiger partial charge on any atom is 0.306 e. The van der Waals surface area contributed by atoms with Gasteiger partial charge in [0.25, 0.3) is 0 Å². The SMILES string of the molecule is CCCOC(=O)CCC(=O)NC(=S)Nc1ccc(S(=O)(=O)NC(C)C)cc1. The third kappa shape index (κ3) is 8.94. The molecular formula is C17H25N3O5S2. The van der Waals surface area contributed by atoms with Gasteiger partial charge in [0.05, 0.1) is 17.9 Å². The maximum absolute atomic E-state index is 12.1. The number of amides is 1. The molecule has 150 valence electrons. The first-order valence-electron chi connectivity index (χ1n) is 8.53. The predicted octanol–water partition coefficient (Wildman–Crippen LogP) is 1.92. The van der Waals surface area contributed by atoms with Crippen molar-refractivity contribution < 1.29 is 22.7 Å². The van der Waals surface area contributed by atoms with E-state index in [4.69, 9.17) is 17.0 Å². The van der Waals surface area contributed by atoms with Crippen molar-refractivity contribution >= 4 is 44.9 Å². The zero-order valence-corrected chi connectivity index (χ0v) is 17.2. The molecule has 8 nitrogen and oxygen atoms in total. The second kappa shape index (κ2) is 11.0. The van der Waals surface area contributed by atoms with Crippen LogP contribution in [0.2, 0.25) is 0 Å². The number of carbonyl (C=O) groups excluding carboxylic acids is 2. The van der Waals surface area contributed by atoms with Crippen LogP contribution in [-0.4, -0.2) is 38.1 Å². The zero-order valence-electron chi connectivity index (χ0n) is 15.6. The van der Waals surface area contributed by atoms with Crippen LogP contribution in [0.4, 0.5) is 5.69 Å². The lowest BCUT2D eigenvalue weighted by atomic mass is 10.3. The first-order valence-corrected chi connectivity index (χ1v) is 10.4. The summed E-state index contributed by atoms with van der Waals surface area (Å²) in [7, 11) is -3.57. The van der Waals surface area contributed by atoms with E-state index in [1.54, 1.807) is 13.8 Å². The summed E-state index contributed by atoms with van der Waals surface area (Å²) in [6.07, 6.45) is 0.659. The van der Waals surface area contributed by atoms with Gasteiger partial charge in [0.15, 0.2) is 5.11 Å². The van der Waals surface area contributed by atoms with E-state index in [0.717, 1.165) is 6.42 Å². The lowest BCUT2D eigenvalue weighted by Crippen LogP contribution is -2.34. The van der Waals surface area contributed by atoms with Crippen LogP contribution in [0.15, 0.2) is 29.2 Å². The Morgan fingerprint density at radius 2 is 1.78 bits per heavy atom. The van der Waals surface area contributed by atoms with Gasteiger partial charge in [-0.1, -0.05) is 6.92 Å². The Bertz CT molecular complexity index is 761. The highest BCUT2D eigenvalue weighted by Crippen LogP contribution is 2.14. The van der Waals surface area contributed by atoms with Crippen molar-refractivity contribution in [3.8, 4) is 0 Å². The van der Waals surface area contributed by atoms with E-state index < -0.39 is 21.9 Å². The lowest BCUT2D eigenvalue weighted by Gasteiger charge is -2.12. The van der Waals surface area contributed by atoms with Gasteiger partial charge in [-0.05, 0) is 56.8 Å². The molecule has 0 aromatic heterocycles. The highest BCUT2D eigenvalue weighted by molar-refractivity contribution is 7.89. The van der Waals surface area contributed by atoms with Crippen LogP contribution >= 0.6 is 12.2 Å². The molecule has 0 atom stereocenters. The Kier molecular flexibility index (Phi) is 9.33. The molecule has 27 heavy (non-hydrogen) atoms. The molecule has 0 fully saturated rings. The molecule has 0 bridgehead atoms. The molecule has 0 unspecified atom stereocenters. The fraction of sp³-hybridized carbons (Fsp3) is 0.471. The quantitative estimate of drug-likeness (QED) is 0.417. The molecule has 3 N–H and O–H groups in total. The van der Waals surface area contributed by atoms with Gasteiger partial charge in [-0.3, -0.25) is 9.59 Å². The number of ether oxygens (including phenoxy) is 1. The third-order valence-electron chi connectivity index (χ3n) is 3.09. The Labute approximate surface area is 165 Å². The van der Waals surface area contributed by atoms with Gasteiger partial charge in [-0.2, -0.15) is 0 Å². The second-order valence-electron chi connectivity index (χ2n) is 6.02. The normalized spacial score (nSPS) is 11.1. The Balaban J connectivity index is 2.51. The molecule has 0 radical (unpaired) electrons. The number of hydrogen-bond acceptors (Lipinski definition) is 6. The summed E-state index contributed by atoms with van der Waals surface area (Å²) in [4.78, 5) is 23.3. The molecule has 1 amide bonds. The number of thiocarbonyl (C=S) groups is 1. The van der Waals surface area contributed by atoms with Crippen molar-refractivity contribution in [2.24, 2.45) is 0 Å². The van der Waals surface area contributed by atoms with Gasteiger partial charge in [0, 0.05) is 18.2 Å². The molecule has 0 spiro atoms. The lowest BCUT2D eigenvalue weighted by molar-refractivity contribution is -0.144. The molecule has 0 aliphatic carbocycles. The highest BCUT2D eigenvalue weighted by Gasteiger charge is 2.15. The monoisotopic (exact) mass is 415 g/mol. The molecule has 10 heteroatoms. The van der Waals surface area contributed by atoms with E-state index in [2.05, 4.69) is 15.4 Å². The van der Waals surface area contributed by atoms with Crippen molar-refractivity contribution in [1.29, 1.82) is 0 Å². The molecule has 1 rings (SSSR count). The smallest absolute Gasteiger partial charge is 0.306 e. The number of hydrogen-bond donors (Lipinski definition) is 3. The molecule has 0 aliphatic heterocycles. The van der Waals surface area contributed by atoms with E-state index in [-0.39, 0.29) is 28.9 Å². The topological polar surface area (TPSA) is 114 Å². The van der Waals surface area contributed by atoms with Gasteiger partial charge >= 0.3 is 5.97 Å². The van der Waals surface area contributed by atoms with E-state index in [9.17, 15) is 18.0 Å². The van der Waals surface area contributed by atoms with E-state index in [0.29, 0.717) is 12.3 Å². The van der Waals surface area contributed by atoms with Gasteiger partial charge in [0.2, 0.25) is 15.9 Å². The van der Waals surface area contributed by atoms with Gasteiger partial charge in [0.1, 0.15) is 0 Å². The van der Waals surface area contributed by atoms with Crippen LogP contribution in [0.5, 0.6) is 0 Å². The molecule has 0 heterocycles. The molecule has 1 aromatic carbocycles. The van der Waals surface area contributed by atoms with Crippen molar-refractivity contribution in [2.75, 3.05) is 11.9 Å². The fourth-order valence-corrected chi connectivity index (χ4v) is 3.43. The van der Waals surface area contributed by atoms with Crippen molar-refractivity contribution in [3.05, 3.63) is 24.3 Å². The number of anilines is 1. The summed E-state index contributed by atoms with van der Waals surface area (Å²) in [5.74, 6) is -0.848. The van der Waals surface area contributed by atoms with Crippen LogP contribution in [0.1, 0.15) is 40.0 Å². The van der Waals surface area contributed by atoms with Gasteiger partial charge < -0.3 is 15.4 Å². The Morgan fingerprint density at radius 1 is 1.15 bits per heavy atom. The van der Waals surface area contributed by atoms with Crippen LogP contribution in [0.25, 0.3) is 0 Å². The maximum atomic E-state index is 12.1. The predicted molar refractivity (Wildman–Crippen MR) is 107 cm³/mol. The number of sulfonamides is 1. The number of nitrogens with one attached hydrogen (secondary N) is 3. The summed E-state index contributed by atoms with van der Waals surface area (Å²) in [5.41, 5.74) is 0.520. The van der Waals surface area contributed by atoms with Crippen molar-refractivity contribution in [1.82, 2.24) is 10.0 Å². The molecule has 0 aliphatic rings. The summed E-state index contributed by atoms with van der Waals surface area (Å²) in [6.45, 7) is 5.68. The summed E-state index contributed by atoms with van der Waals surface area (Å²) in [6, 6.07) is 5.72. The molecule has 0 saturated carbocycles. The average Bonchev–Trinajstić information content (AvgIpc) is 2.57. The number of carbonyl (C=O) groups is 2. The number of rotatable bonds is 9. The minimum absolute atomic E-state index is 0.0240. The summed E-state index contributed by atoms with van der Waals surface area (Å²) in [5, 5.41) is 5.29. The van der Waals surface area contributed by atoms with E-state index >= 15 is 0 Å². The van der Waals surface area contributed by atoms with E-state index in [1.165, 1.54) is 24.3 Å². The minimum Gasteiger partial charge on any atom is -0.466 e. The third-order valence-corrected chi connectivity index (χ3v) is 4.97. The minimum atomic E-state index is -3.57. The largest absolute Gasteiger partial charge is 0.466 e. The number of esters is 1. The highest BCUT2D eigenvalue weighted by atomic mass is 32.2. The first kappa shape index (κ1) is 23.0. The second-order valence-corrected chi connectivity index (χ2v) is 8.15. The Hall–Kier alpha value is -2.04. The average molecular weight is 416 g/mol. The molecule has 1 aromatic rings. The van der Waals surface area contributed by atoms with Crippen LogP contribution < -0.4 is 15.4 Å². The molecule has 0 saturated heterocycles. The number of benzene rings is 1. The van der Waals surface area contributed by atoms with E-state index in [1.807, 2.05) is 6.92 Å². The standard InChI is InChI=1S/C17H25N3O5S2/c1-4-11-25-16(22)10-9-15(21)19-17(26)18-13-5-7-14(8-6-13)27(23,24)20-12(2)3/h5-8,12,20H,4,9-11H2,1-3H3,(H2,18,19,21,26). The Morgan fingerprint density at radius 3 is 2.33 bits per heavy atom. The van der Waals surface area contributed by atoms with Crippen LogP contribution in [-0.2, 0) is 24.3 Å². The fourth-order valence-electron chi connectivity index (χ4n) is 1.95.